The van der Waals surface area contributed by atoms with Gasteiger partial charge in [-0.25, -0.2) is 0 Å². The summed E-state index contributed by atoms with van der Waals surface area (Å²) in [6.45, 7) is 1.76. The number of carbonyl (C=O) groups excluding carboxylic acids is 2. The lowest BCUT2D eigenvalue weighted by atomic mass is 9.96. The van der Waals surface area contributed by atoms with Gasteiger partial charge in [0.15, 0.2) is 5.78 Å². The average Bonchev–Trinajstić information content (AvgIpc) is 3.65. The number of methoxy groups -OCH3 is 1. The van der Waals surface area contributed by atoms with Crippen LogP contribution in [0.2, 0.25) is 0 Å². The van der Waals surface area contributed by atoms with Crippen LogP contribution in [0, 0.1) is 6.92 Å². The summed E-state index contributed by atoms with van der Waals surface area (Å²) in [4.78, 5) is 31.3. The zero-order chi connectivity index (χ0) is 34.4. The number of para-hydroxylation sites is 1. The highest BCUT2D eigenvalue weighted by Gasteiger charge is 2.45. The van der Waals surface area contributed by atoms with Crippen LogP contribution in [0.1, 0.15) is 37.4 Å². The van der Waals surface area contributed by atoms with Crippen LogP contribution < -0.4 is 9.47 Å². The van der Waals surface area contributed by atoms with Gasteiger partial charge in [0.05, 0.1) is 37.8 Å². The number of carbonyl (C=O) groups is 2. The van der Waals surface area contributed by atoms with E-state index in [1.807, 2.05) is 42.6 Å². The minimum absolute atomic E-state index is 0.00310. The van der Waals surface area contributed by atoms with Gasteiger partial charge in [-0.3, -0.25) is 9.59 Å². The van der Waals surface area contributed by atoms with Crippen LogP contribution in [-0.2, 0) is 22.6 Å². The Labute approximate surface area is 281 Å². The molecular weight excluding hydrogens is 632 g/mol. The van der Waals surface area contributed by atoms with Gasteiger partial charge in [0.2, 0.25) is 6.29 Å². The van der Waals surface area contributed by atoms with Gasteiger partial charge >= 0.3 is 0 Å². The molecule has 5 atom stereocenters. The predicted octanol–water partition coefficient (Wildman–Crippen LogP) is 3.59. The quantitative estimate of drug-likeness (QED) is 0.139. The molecular formula is C37H36N2O10. The molecule has 4 aromatic carbocycles. The van der Waals surface area contributed by atoms with E-state index in [0.717, 1.165) is 22.0 Å². The Morgan fingerprint density at radius 1 is 1.02 bits per heavy atom. The van der Waals surface area contributed by atoms with Crippen molar-refractivity contribution >= 4 is 33.4 Å². The third-order valence-electron chi connectivity index (χ3n) is 9.22. The van der Waals surface area contributed by atoms with Crippen molar-refractivity contribution in [1.82, 2.24) is 9.88 Å². The first-order valence-electron chi connectivity index (χ1n) is 15.9. The molecule has 1 fully saturated rings. The monoisotopic (exact) mass is 668 g/mol. The van der Waals surface area contributed by atoms with Crippen LogP contribution in [-0.4, -0.2) is 93.0 Å². The number of aryl methyl sites for hydroxylation is 1. The molecule has 1 aromatic heterocycles. The number of ether oxygens (including phenoxy) is 4. The molecule has 0 aliphatic carbocycles. The number of aromatic hydroxyl groups is 1. The minimum Gasteiger partial charge on any atom is -0.506 e. The molecule has 254 valence electrons. The molecule has 2 aliphatic heterocycles. The number of Topliss-reactive ketones (excluding diaryl/α,β-unsaturated/α-hetero) is 1. The molecule has 2 aliphatic rings. The van der Waals surface area contributed by atoms with E-state index in [2.05, 4.69) is 4.98 Å². The Kier molecular flexibility index (Phi) is 8.73. The number of aromatic amines is 1. The van der Waals surface area contributed by atoms with Gasteiger partial charge in [-0.2, -0.15) is 0 Å². The zero-order valence-electron chi connectivity index (χ0n) is 26.8. The number of aliphatic hydroxyl groups is 3. The van der Waals surface area contributed by atoms with Crippen molar-refractivity contribution in [2.45, 2.75) is 50.8 Å². The number of aromatic nitrogens is 1. The van der Waals surface area contributed by atoms with Crippen molar-refractivity contribution in [2.24, 2.45) is 0 Å². The van der Waals surface area contributed by atoms with Crippen LogP contribution in [0.3, 0.4) is 0 Å². The lowest BCUT2D eigenvalue weighted by molar-refractivity contribution is -0.280. The third-order valence-corrected chi connectivity index (χ3v) is 9.22. The first kappa shape index (κ1) is 32.6. The van der Waals surface area contributed by atoms with Crippen LogP contribution in [0.5, 0.6) is 17.2 Å². The van der Waals surface area contributed by atoms with Gasteiger partial charge in [-0.1, -0.05) is 42.5 Å². The molecule has 1 amide bonds. The largest absolute Gasteiger partial charge is 0.506 e. The lowest BCUT2D eigenvalue weighted by Gasteiger charge is -2.40. The second-order valence-corrected chi connectivity index (χ2v) is 12.4. The van der Waals surface area contributed by atoms with E-state index in [1.54, 1.807) is 31.2 Å². The van der Waals surface area contributed by atoms with Crippen molar-refractivity contribution in [3.63, 3.8) is 0 Å². The predicted molar refractivity (Wildman–Crippen MR) is 178 cm³/mol. The number of fused-ring (bicyclic) bond motifs is 3. The van der Waals surface area contributed by atoms with E-state index < -0.39 is 36.5 Å². The van der Waals surface area contributed by atoms with Crippen LogP contribution in [0.15, 0.2) is 72.9 Å². The first-order valence-corrected chi connectivity index (χ1v) is 15.9. The second kappa shape index (κ2) is 13.1. The SMILES string of the molecule is COc1cc(OC2OC(COCc3c[nH]c4ccccc34)C(O)C(O)C2O)c2c(O)c(C(=O)CN3Cc4ccccc4C3=O)c(C)cc2c1. The number of ketones is 1. The van der Waals surface area contributed by atoms with Crippen molar-refractivity contribution < 1.29 is 49.0 Å². The number of benzene rings is 4. The molecule has 7 rings (SSSR count). The second-order valence-electron chi connectivity index (χ2n) is 12.4. The smallest absolute Gasteiger partial charge is 0.254 e. The molecule has 0 spiro atoms. The molecule has 3 heterocycles. The number of nitrogens with one attached hydrogen (secondary N) is 1. The molecule has 5 unspecified atom stereocenters. The lowest BCUT2D eigenvalue weighted by Crippen LogP contribution is -2.60. The fourth-order valence-corrected chi connectivity index (χ4v) is 6.67. The van der Waals surface area contributed by atoms with Gasteiger partial charge in [0.1, 0.15) is 41.7 Å². The third kappa shape index (κ3) is 5.98. The van der Waals surface area contributed by atoms with Crippen molar-refractivity contribution in [3.8, 4) is 17.2 Å². The Morgan fingerprint density at radius 2 is 1.80 bits per heavy atom. The molecule has 5 N–H and O–H groups in total. The fourth-order valence-electron chi connectivity index (χ4n) is 6.67. The number of hydrogen-bond acceptors (Lipinski definition) is 10. The number of phenols is 1. The number of aliphatic hydroxyl groups excluding tert-OH is 3. The van der Waals surface area contributed by atoms with Crippen molar-refractivity contribution in [2.75, 3.05) is 20.3 Å². The van der Waals surface area contributed by atoms with Gasteiger partial charge in [0.25, 0.3) is 5.91 Å². The van der Waals surface area contributed by atoms with Crippen molar-refractivity contribution in [3.05, 3.63) is 101 Å². The highest BCUT2D eigenvalue weighted by atomic mass is 16.7. The van der Waals surface area contributed by atoms with Crippen LogP contribution >= 0.6 is 0 Å². The molecule has 1 saturated heterocycles. The highest BCUT2D eigenvalue weighted by molar-refractivity contribution is 6.10. The minimum atomic E-state index is -1.68. The number of rotatable bonds is 10. The number of hydrogen-bond donors (Lipinski definition) is 5. The summed E-state index contributed by atoms with van der Waals surface area (Å²) in [6.07, 6.45) is -5.57. The van der Waals surface area contributed by atoms with E-state index >= 15 is 0 Å². The van der Waals surface area contributed by atoms with E-state index in [4.69, 9.17) is 18.9 Å². The number of nitrogens with zero attached hydrogens (tertiary/aromatic N) is 1. The molecule has 0 bridgehead atoms. The van der Waals surface area contributed by atoms with Gasteiger partial charge < -0.3 is 49.3 Å². The summed E-state index contributed by atoms with van der Waals surface area (Å²) in [5, 5.41) is 45.6. The fraction of sp³-hybridized carbons (Fsp3) is 0.297. The van der Waals surface area contributed by atoms with Gasteiger partial charge in [-0.05, 0) is 41.6 Å². The number of H-pyrrole nitrogens is 1. The summed E-state index contributed by atoms with van der Waals surface area (Å²) in [6, 6.07) is 19.7. The van der Waals surface area contributed by atoms with Crippen LogP contribution in [0.4, 0.5) is 0 Å². The first-order chi connectivity index (χ1) is 23.6. The molecule has 49 heavy (non-hydrogen) atoms. The summed E-state index contributed by atoms with van der Waals surface area (Å²) < 4.78 is 23.4. The Bertz CT molecular complexity index is 2060. The molecule has 12 heteroatoms. The summed E-state index contributed by atoms with van der Waals surface area (Å²) >= 11 is 0. The summed E-state index contributed by atoms with van der Waals surface area (Å²) in [7, 11) is 1.45. The maximum Gasteiger partial charge on any atom is 0.254 e. The van der Waals surface area contributed by atoms with E-state index in [0.29, 0.717) is 22.3 Å². The van der Waals surface area contributed by atoms with E-state index in [9.17, 15) is 30.0 Å². The van der Waals surface area contributed by atoms with E-state index in [-0.39, 0.29) is 54.7 Å². The Morgan fingerprint density at radius 3 is 2.59 bits per heavy atom. The number of amides is 1. The maximum atomic E-state index is 13.7. The zero-order valence-corrected chi connectivity index (χ0v) is 26.8. The average molecular weight is 669 g/mol. The van der Waals surface area contributed by atoms with E-state index in [1.165, 1.54) is 18.1 Å². The Balaban J connectivity index is 1.14. The maximum absolute atomic E-state index is 13.7. The van der Waals surface area contributed by atoms with Gasteiger partial charge in [-0.15, -0.1) is 0 Å². The summed E-state index contributed by atoms with van der Waals surface area (Å²) in [5.74, 6) is -0.771. The van der Waals surface area contributed by atoms with Crippen molar-refractivity contribution in [1.29, 1.82) is 0 Å². The molecule has 12 nitrogen and oxygen atoms in total. The number of phenolic OH excluding ortho intramolecular Hbond substituents is 1. The molecule has 0 radical (unpaired) electrons. The standard InChI is InChI=1S/C37H36N2O10/c1-19-11-21-12-23(46-2)13-28(31(21)33(42)30(19)27(40)16-39-15-20-7-3-4-9-25(20)36(39)45)48-37-35(44)34(43)32(41)29(49-37)18-47-17-22-14-38-26-10-6-5-8-24(22)26/h3-14,29,32,34-35,37-38,41-44H,15-18H2,1-2H3. The normalized spacial score (nSPS) is 22.1. The molecule has 5 aromatic rings. The summed E-state index contributed by atoms with van der Waals surface area (Å²) in [5.41, 5.74) is 3.69. The Hall–Kier alpha value is -4.98. The molecule has 0 saturated carbocycles. The van der Waals surface area contributed by atoms with Crippen LogP contribution in [0.25, 0.3) is 21.7 Å². The highest BCUT2D eigenvalue weighted by Crippen LogP contribution is 2.42. The topological polar surface area (TPSA) is 171 Å². The van der Waals surface area contributed by atoms with Gasteiger partial charge in [0, 0.05) is 40.8 Å².